The molecule has 0 aliphatic heterocycles. The van der Waals surface area contributed by atoms with Crippen molar-refractivity contribution in [1.29, 1.82) is 0 Å². The van der Waals surface area contributed by atoms with E-state index in [1.165, 1.54) is 50.9 Å². The maximum atomic E-state index is 10.1. The third kappa shape index (κ3) is 2.23. The van der Waals surface area contributed by atoms with Crippen LogP contribution in [0.5, 0.6) is 5.75 Å². The van der Waals surface area contributed by atoms with Crippen LogP contribution in [0, 0.1) is 12.3 Å². The zero-order valence-corrected chi connectivity index (χ0v) is 15.7. The van der Waals surface area contributed by atoms with Gasteiger partial charge < -0.3 is 5.11 Å². The molecule has 4 aromatic carbocycles. The highest BCUT2D eigenvalue weighted by atomic mass is 16.3. The Labute approximate surface area is 154 Å². The molecule has 26 heavy (non-hydrogen) atoms. The molecule has 0 fully saturated rings. The van der Waals surface area contributed by atoms with Gasteiger partial charge in [0.1, 0.15) is 5.75 Å². The van der Waals surface area contributed by atoms with Crippen LogP contribution in [0.25, 0.3) is 32.3 Å². The average Bonchev–Trinajstić information content (AvgIpc) is 2.60. The van der Waals surface area contributed by atoms with Gasteiger partial charge in [0.2, 0.25) is 0 Å². The number of phenolic OH excluding ortho intramolecular Hbond substituents is 1. The van der Waals surface area contributed by atoms with E-state index in [-0.39, 0.29) is 0 Å². The summed E-state index contributed by atoms with van der Waals surface area (Å²) in [5.41, 5.74) is 4.55. The number of fused-ring (bicyclic) bond motifs is 7. The molecule has 0 amide bonds. The Hall–Kier alpha value is -2.54. The Balaban J connectivity index is 1.88. The Bertz CT molecular complexity index is 1200. The summed E-state index contributed by atoms with van der Waals surface area (Å²) in [5.74, 6) is 0.342. The maximum absolute atomic E-state index is 10.1. The van der Waals surface area contributed by atoms with E-state index in [0.29, 0.717) is 11.2 Å². The van der Waals surface area contributed by atoms with Crippen molar-refractivity contribution in [2.75, 3.05) is 0 Å². The van der Waals surface area contributed by atoms with Gasteiger partial charge in [-0.2, -0.15) is 0 Å². The van der Waals surface area contributed by atoms with Gasteiger partial charge in [0.05, 0.1) is 0 Å². The fraction of sp³-hybridized carbons (Fsp3) is 0.280. The van der Waals surface area contributed by atoms with E-state index in [2.05, 4.69) is 57.2 Å². The number of benzene rings is 4. The third-order valence-electron chi connectivity index (χ3n) is 6.26. The van der Waals surface area contributed by atoms with Crippen LogP contribution in [0.4, 0.5) is 0 Å². The smallest absolute Gasteiger partial charge is 0.116 e. The largest absolute Gasteiger partial charge is 0.508 e. The number of phenols is 1. The van der Waals surface area contributed by atoms with Gasteiger partial charge in [-0.05, 0) is 92.7 Å². The average molecular weight is 340 g/mol. The van der Waals surface area contributed by atoms with Crippen molar-refractivity contribution in [2.24, 2.45) is 5.41 Å². The molecule has 130 valence electrons. The lowest BCUT2D eigenvalue weighted by Gasteiger charge is -2.32. The van der Waals surface area contributed by atoms with Gasteiger partial charge in [0.15, 0.2) is 0 Å². The van der Waals surface area contributed by atoms with Gasteiger partial charge in [-0.3, -0.25) is 0 Å². The molecule has 0 heterocycles. The highest BCUT2D eigenvalue weighted by Gasteiger charge is 2.26. The normalized spacial score (nSPS) is 16.3. The Morgan fingerprint density at radius 2 is 1.38 bits per heavy atom. The summed E-state index contributed by atoms with van der Waals surface area (Å²) < 4.78 is 0. The van der Waals surface area contributed by atoms with Crippen LogP contribution in [0.3, 0.4) is 0 Å². The topological polar surface area (TPSA) is 20.2 Å². The molecular weight excluding hydrogens is 316 g/mol. The predicted molar refractivity (Wildman–Crippen MR) is 111 cm³/mol. The first kappa shape index (κ1) is 15.7. The van der Waals surface area contributed by atoms with Gasteiger partial charge in [-0.25, -0.2) is 0 Å². The Morgan fingerprint density at radius 3 is 2.19 bits per heavy atom. The molecule has 0 bridgehead atoms. The number of aromatic hydroxyl groups is 1. The Kier molecular flexibility index (Phi) is 3.16. The first-order valence-electron chi connectivity index (χ1n) is 9.52. The lowest BCUT2D eigenvalue weighted by Crippen LogP contribution is -2.22. The van der Waals surface area contributed by atoms with E-state index < -0.39 is 0 Å². The quantitative estimate of drug-likeness (QED) is 0.354. The van der Waals surface area contributed by atoms with Crippen molar-refractivity contribution < 1.29 is 5.11 Å². The minimum absolute atomic E-state index is 0.342. The molecule has 1 aliphatic rings. The second kappa shape index (κ2) is 5.23. The highest BCUT2D eigenvalue weighted by Crippen LogP contribution is 2.41. The monoisotopic (exact) mass is 340 g/mol. The molecule has 0 unspecified atom stereocenters. The minimum atomic E-state index is 0.342. The fourth-order valence-corrected chi connectivity index (χ4v) is 4.82. The summed E-state index contributed by atoms with van der Waals surface area (Å²) >= 11 is 0. The van der Waals surface area contributed by atoms with Crippen LogP contribution < -0.4 is 0 Å². The van der Waals surface area contributed by atoms with Crippen LogP contribution >= 0.6 is 0 Å². The van der Waals surface area contributed by atoms with Gasteiger partial charge >= 0.3 is 0 Å². The fourth-order valence-electron chi connectivity index (χ4n) is 4.82. The summed E-state index contributed by atoms with van der Waals surface area (Å²) in [6.45, 7) is 6.83. The second-order valence-electron chi connectivity index (χ2n) is 8.72. The molecule has 0 saturated heterocycles. The second-order valence-corrected chi connectivity index (χ2v) is 8.72. The number of hydrogen-bond donors (Lipinski definition) is 1. The molecule has 1 aliphatic carbocycles. The summed E-state index contributed by atoms with van der Waals surface area (Å²) in [6.07, 6.45) is 3.60. The van der Waals surface area contributed by atoms with Crippen LogP contribution in [0.15, 0.2) is 48.5 Å². The molecule has 0 aromatic heterocycles. The summed E-state index contributed by atoms with van der Waals surface area (Å²) in [7, 11) is 0. The van der Waals surface area contributed by atoms with Crippen molar-refractivity contribution in [2.45, 2.75) is 40.0 Å². The predicted octanol–water partition coefficient (Wildman–Crippen LogP) is 6.68. The molecule has 4 aromatic rings. The maximum Gasteiger partial charge on any atom is 0.116 e. The van der Waals surface area contributed by atoms with E-state index in [4.69, 9.17) is 0 Å². The molecule has 5 rings (SSSR count). The van der Waals surface area contributed by atoms with Crippen LogP contribution in [-0.4, -0.2) is 5.11 Å². The van der Waals surface area contributed by atoms with Gasteiger partial charge in [0.25, 0.3) is 0 Å². The third-order valence-corrected chi connectivity index (χ3v) is 6.26. The van der Waals surface area contributed by atoms with E-state index in [0.717, 1.165) is 17.4 Å². The molecule has 0 spiro atoms. The van der Waals surface area contributed by atoms with Crippen molar-refractivity contribution in [3.05, 3.63) is 65.2 Å². The van der Waals surface area contributed by atoms with E-state index in [1.54, 1.807) is 0 Å². The van der Waals surface area contributed by atoms with Crippen molar-refractivity contribution >= 4 is 32.3 Å². The van der Waals surface area contributed by atoms with E-state index in [1.807, 2.05) is 12.1 Å². The zero-order chi connectivity index (χ0) is 18.1. The van der Waals surface area contributed by atoms with Crippen molar-refractivity contribution in [1.82, 2.24) is 0 Å². The van der Waals surface area contributed by atoms with E-state index in [9.17, 15) is 5.11 Å². The van der Waals surface area contributed by atoms with Gasteiger partial charge in [-0.1, -0.05) is 50.2 Å². The lowest BCUT2D eigenvalue weighted by atomic mass is 9.73. The standard InChI is InChI=1S/C25H24O/c1-15-12-17(26)13-23-18(15)6-7-20-19-5-4-16-10-11-25(2,3)14-24(16)22(19)9-8-21(20)23/h4-9,12-13,26H,10-11,14H2,1-3H3. The number of rotatable bonds is 0. The number of aryl methyl sites for hydroxylation is 2. The molecule has 1 N–H and O–H groups in total. The summed E-state index contributed by atoms with van der Waals surface area (Å²) in [4.78, 5) is 0. The molecule has 0 atom stereocenters. The SMILES string of the molecule is Cc1cc(O)cc2c1ccc1c3ccc4c(c3ccc21)CC(C)(C)CC4. The van der Waals surface area contributed by atoms with Crippen LogP contribution in [-0.2, 0) is 12.8 Å². The first-order chi connectivity index (χ1) is 12.4. The number of hydrogen-bond acceptors (Lipinski definition) is 1. The minimum Gasteiger partial charge on any atom is -0.508 e. The summed E-state index contributed by atoms with van der Waals surface area (Å²) in [5, 5.41) is 17.7. The van der Waals surface area contributed by atoms with Gasteiger partial charge in [0, 0.05) is 0 Å². The van der Waals surface area contributed by atoms with Crippen LogP contribution in [0.2, 0.25) is 0 Å². The summed E-state index contributed by atoms with van der Waals surface area (Å²) in [6, 6.07) is 17.4. The molecule has 0 radical (unpaired) electrons. The molecule has 1 heteroatoms. The first-order valence-corrected chi connectivity index (χ1v) is 9.52. The van der Waals surface area contributed by atoms with Crippen LogP contribution in [0.1, 0.15) is 37.0 Å². The Morgan fingerprint density at radius 1 is 0.769 bits per heavy atom. The highest BCUT2D eigenvalue weighted by molar-refractivity contribution is 6.18. The molecule has 0 saturated carbocycles. The molecule has 1 nitrogen and oxygen atoms in total. The molecular formula is C25H24O. The lowest BCUT2D eigenvalue weighted by molar-refractivity contribution is 0.317. The van der Waals surface area contributed by atoms with E-state index >= 15 is 0 Å². The zero-order valence-electron chi connectivity index (χ0n) is 15.7. The van der Waals surface area contributed by atoms with Crippen molar-refractivity contribution in [3.63, 3.8) is 0 Å². The van der Waals surface area contributed by atoms with Crippen molar-refractivity contribution in [3.8, 4) is 5.75 Å². The van der Waals surface area contributed by atoms with Gasteiger partial charge in [-0.15, -0.1) is 0 Å².